The maximum atomic E-state index is 12.2. The van der Waals surface area contributed by atoms with Crippen LogP contribution in [-0.4, -0.2) is 29.9 Å². The molecule has 1 aromatic carbocycles. The van der Waals surface area contributed by atoms with E-state index in [-0.39, 0.29) is 17.3 Å². The van der Waals surface area contributed by atoms with Crippen molar-refractivity contribution in [2.75, 3.05) is 7.11 Å². The van der Waals surface area contributed by atoms with Gasteiger partial charge < -0.3 is 14.2 Å². The first-order chi connectivity index (χ1) is 14.1. The zero-order chi connectivity index (χ0) is 20.2. The van der Waals surface area contributed by atoms with Gasteiger partial charge in [0.05, 0.1) is 17.6 Å². The fourth-order valence-corrected chi connectivity index (χ4v) is 3.22. The third-order valence-electron chi connectivity index (χ3n) is 3.94. The summed E-state index contributed by atoms with van der Waals surface area (Å²) in [5.74, 6) is -0.206. The normalized spacial score (nSPS) is 14.4. The number of ether oxygens (including phenoxy) is 3. The molecule has 0 atom stereocenters. The summed E-state index contributed by atoms with van der Waals surface area (Å²) in [6.45, 7) is 0. The van der Waals surface area contributed by atoms with Gasteiger partial charge in [-0.25, -0.2) is 14.6 Å². The first-order valence-corrected chi connectivity index (χ1v) is 9.38. The highest BCUT2D eigenvalue weighted by Crippen LogP contribution is 2.30. The molecule has 0 radical (unpaired) electrons. The molecular weight excluding hydrogens is 392 g/mol. The largest absolute Gasteiger partial charge is 0.493 e. The van der Waals surface area contributed by atoms with Gasteiger partial charge in [0.2, 0.25) is 5.90 Å². The average molecular weight is 406 g/mol. The Morgan fingerprint density at radius 3 is 2.79 bits per heavy atom. The Morgan fingerprint density at radius 1 is 1.17 bits per heavy atom. The lowest BCUT2D eigenvalue weighted by Crippen LogP contribution is -2.09. The third-order valence-corrected chi connectivity index (χ3v) is 4.80. The standard InChI is InChI=1S/C21H14N2O5S/c1-26-17-11-13(6-7-16(17)27-20(24)14-4-2-8-22-12-14)10-15-21(25)28-19(23-15)18-5-3-9-29-18/h2-12H,1H3/b15-10-. The Bertz CT molecular complexity index is 1120. The van der Waals surface area contributed by atoms with E-state index in [0.29, 0.717) is 16.9 Å². The molecule has 0 saturated carbocycles. The summed E-state index contributed by atoms with van der Waals surface area (Å²) in [6, 6.07) is 11.9. The molecule has 1 aliphatic heterocycles. The summed E-state index contributed by atoms with van der Waals surface area (Å²) < 4.78 is 15.9. The molecule has 3 heterocycles. The summed E-state index contributed by atoms with van der Waals surface area (Å²) in [4.78, 5) is 33.3. The minimum Gasteiger partial charge on any atom is -0.493 e. The molecular formula is C21H14N2O5S. The van der Waals surface area contributed by atoms with Crippen molar-refractivity contribution < 1.29 is 23.8 Å². The molecule has 1 aliphatic rings. The fourth-order valence-electron chi connectivity index (χ4n) is 2.57. The minimum atomic E-state index is -0.549. The number of carbonyl (C=O) groups excluding carboxylic acids is 2. The second kappa shape index (κ2) is 8.07. The molecule has 0 amide bonds. The highest BCUT2D eigenvalue weighted by molar-refractivity contribution is 7.12. The van der Waals surface area contributed by atoms with Gasteiger partial charge in [-0.2, -0.15) is 0 Å². The van der Waals surface area contributed by atoms with E-state index < -0.39 is 11.9 Å². The van der Waals surface area contributed by atoms with Gasteiger partial charge >= 0.3 is 11.9 Å². The first kappa shape index (κ1) is 18.6. The number of carbonyl (C=O) groups is 2. The van der Waals surface area contributed by atoms with Crippen molar-refractivity contribution in [1.82, 2.24) is 4.98 Å². The van der Waals surface area contributed by atoms with Gasteiger partial charge in [-0.15, -0.1) is 11.3 Å². The minimum absolute atomic E-state index is 0.176. The van der Waals surface area contributed by atoms with Crippen LogP contribution < -0.4 is 9.47 Å². The Hall–Kier alpha value is -3.78. The molecule has 8 heteroatoms. The molecule has 144 valence electrons. The number of hydrogen-bond donors (Lipinski definition) is 0. The van der Waals surface area contributed by atoms with Crippen LogP contribution in [0.15, 0.2) is 70.9 Å². The van der Waals surface area contributed by atoms with Crippen molar-refractivity contribution in [2.45, 2.75) is 0 Å². The SMILES string of the molecule is COc1cc(/C=C2\N=C(c3cccs3)OC2=O)ccc1OC(=O)c1cccnc1. The summed E-state index contributed by atoms with van der Waals surface area (Å²) in [6.07, 6.45) is 4.57. The third kappa shape index (κ3) is 4.07. The molecule has 3 aromatic rings. The Labute approximate surface area is 169 Å². The second-order valence-electron chi connectivity index (χ2n) is 5.85. The number of esters is 2. The predicted molar refractivity (Wildman–Crippen MR) is 107 cm³/mol. The van der Waals surface area contributed by atoms with Crippen molar-refractivity contribution >= 4 is 35.2 Å². The molecule has 29 heavy (non-hydrogen) atoms. The van der Waals surface area contributed by atoms with Gasteiger partial charge in [-0.3, -0.25) is 4.98 Å². The number of thiophene rings is 1. The summed E-state index contributed by atoms with van der Waals surface area (Å²) in [7, 11) is 1.46. The molecule has 0 saturated heterocycles. The summed E-state index contributed by atoms with van der Waals surface area (Å²) >= 11 is 1.43. The lowest BCUT2D eigenvalue weighted by atomic mass is 10.1. The molecule has 4 rings (SSSR count). The molecule has 7 nitrogen and oxygen atoms in total. The molecule has 0 bridgehead atoms. The Morgan fingerprint density at radius 2 is 2.07 bits per heavy atom. The van der Waals surface area contributed by atoms with Crippen LogP contribution in [0.1, 0.15) is 20.8 Å². The van der Waals surface area contributed by atoms with Gasteiger partial charge in [-0.05, 0) is 47.4 Å². The van der Waals surface area contributed by atoms with E-state index in [1.807, 2.05) is 17.5 Å². The van der Waals surface area contributed by atoms with Crippen LogP contribution in [0, 0.1) is 0 Å². The number of nitrogens with zero attached hydrogens (tertiary/aromatic N) is 2. The molecule has 0 spiro atoms. The van der Waals surface area contributed by atoms with E-state index >= 15 is 0 Å². The van der Waals surface area contributed by atoms with Crippen LogP contribution in [0.2, 0.25) is 0 Å². The van der Waals surface area contributed by atoms with Gasteiger partial charge in [0, 0.05) is 12.4 Å². The van der Waals surface area contributed by atoms with Crippen molar-refractivity contribution in [3.05, 3.63) is 81.9 Å². The van der Waals surface area contributed by atoms with Gasteiger partial charge in [0.1, 0.15) is 0 Å². The summed E-state index contributed by atoms with van der Waals surface area (Å²) in [5, 5.41) is 1.88. The van der Waals surface area contributed by atoms with Crippen LogP contribution in [-0.2, 0) is 9.53 Å². The number of pyridine rings is 1. The number of cyclic esters (lactones) is 1. The number of rotatable bonds is 5. The predicted octanol–water partition coefficient (Wildman–Crippen LogP) is 3.72. The smallest absolute Gasteiger partial charge is 0.363 e. The van der Waals surface area contributed by atoms with E-state index in [9.17, 15) is 9.59 Å². The van der Waals surface area contributed by atoms with Crippen LogP contribution in [0.4, 0.5) is 0 Å². The molecule has 2 aromatic heterocycles. The fraction of sp³-hybridized carbons (Fsp3) is 0.0476. The maximum absolute atomic E-state index is 12.2. The average Bonchev–Trinajstić information content (AvgIpc) is 3.40. The number of aromatic nitrogens is 1. The van der Waals surface area contributed by atoms with E-state index in [2.05, 4.69) is 9.98 Å². The van der Waals surface area contributed by atoms with Crippen molar-refractivity contribution in [3.8, 4) is 11.5 Å². The number of hydrogen-bond acceptors (Lipinski definition) is 8. The Kier molecular flexibility index (Phi) is 5.17. The van der Waals surface area contributed by atoms with Gasteiger partial charge in [0.15, 0.2) is 17.2 Å². The first-order valence-electron chi connectivity index (χ1n) is 8.51. The number of aliphatic imine (C=N–C) groups is 1. The molecule has 0 aliphatic carbocycles. The van der Waals surface area contributed by atoms with Crippen molar-refractivity contribution in [1.29, 1.82) is 0 Å². The van der Waals surface area contributed by atoms with E-state index in [4.69, 9.17) is 14.2 Å². The highest BCUT2D eigenvalue weighted by atomic mass is 32.1. The topological polar surface area (TPSA) is 87.1 Å². The molecule has 0 N–H and O–H groups in total. The van der Waals surface area contributed by atoms with E-state index in [1.54, 1.807) is 42.6 Å². The lowest BCUT2D eigenvalue weighted by Gasteiger charge is -2.10. The van der Waals surface area contributed by atoms with Gasteiger partial charge in [0.25, 0.3) is 0 Å². The Balaban J connectivity index is 1.57. The zero-order valence-corrected chi connectivity index (χ0v) is 16.0. The van der Waals surface area contributed by atoms with E-state index in [0.717, 1.165) is 4.88 Å². The number of methoxy groups -OCH3 is 1. The zero-order valence-electron chi connectivity index (χ0n) is 15.2. The second-order valence-corrected chi connectivity index (χ2v) is 6.80. The lowest BCUT2D eigenvalue weighted by molar-refractivity contribution is -0.129. The quantitative estimate of drug-likeness (QED) is 0.365. The number of benzene rings is 1. The molecule has 0 fully saturated rings. The van der Waals surface area contributed by atoms with Crippen molar-refractivity contribution in [2.24, 2.45) is 4.99 Å². The van der Waals surface area contributed by atoms with Crippen LogP contribution in [0.25, 0.3) is 6.08 Å². The molecule has 0 unspecified atom stereocenters. The summed E-state index contributed by atoms with van der Waals surface area (Å²) in [5.41, 5.74) is 1.15. The monoisotopic (exact) mass is 406 g/mol. The maximum Gasteiger partial charge on any atom is 0.363 e. The van der Waals surface area contributed by atoms with Crippen LogP contribution >= 0.6 is 11.3 Å². The van der Waals surface area contributed by atoms with Gasteiger partial charge in [-0.1, -0.05) is 12.1 Å². The van der Waals surface area contributed by atoms with Crippen LogP contribution in [0.5, 0.6) is 11.5 Å². The van der Waals surface area contributed by atoms with Crippen molar-refractivity contribution in [3.63, 3.8) is 0 Å². The van der Waals surface area contributed by atoms with Crippen LogP contribution in [0.3, 0.4) is 0 Å². The van der Waals surface area contributed by atoms with E-state index in [1.165, 1.54) is 24.6 Å². The highest BCUT2D eigenvalue weighted by Gasteiger charge is 2.25.